The van der Waals surface area contributed by atoms with Crippen molar-refractivity contribution >= 4 is 52.9 Å². The molecule has 0 aliphatic heterocycles. The van der Waals surface area contributed by atoms with Crippen molar-refractivity contribution in [3.63, 3.8) is 0 Å². The number of hydrogen-bond donors (Lipinski definition) is 1. The Morgan fingerprint density at radius 2 is 2.32 bits per heavy atom. The maximum absolute atomic E-state index is 11.0. The molecule has 2 aromatic rings. The average Bonchev–Trinajstić information content (AvgIpc) is 2.96. The van der Waals surface area contributed by atoms with E-state index in [2.05, 4.69) is 11.1 Å². The molecule has 1 aliphatic rings. The molecule has 0 unspecified atom stereocenters. The summed E-state index contributed by atoms with van der Waals surface area (Å²) in [6, 6.07) is 2.18. The number of hydrogen-bond acceptors (Lipinski definition) is 3. The summed E-state index contributed by atoms with van der Waals surface area (Å²) in [5.41, 5.74) is 1.78. The summed E-state index contributed by atoms with van der Waals surface area (Å²) < 4.78 is 2.01. The molecule has 0 spiro atoms. The fraction of sp³-hybridized carbons (Fsp3) is 0.231. The molecular weight excluding hydrogens is 271 g/mol. The zero-order valence-corrected chi connectivity index (χ0v) is 10.5. The van der Waals surface area contributed by atoms with Gasteiger partial charge in [-0.2, -0.15) is 0 Å². The molecule has 94 valence electrons. The predicted octanol–water partition coefficient (Wildman–Crippen LogP) is 1.76. The molecule has 3 rings (SSSR count). The van der Waals surface area contributed by atoms with Crippen molar-refractivity contribution in [3.05, 3.63) is 45.7 Å². The van der Waals surface area contributed by atoms with Crippen molar-refractivity contribution in [2.45, 2.75) is 19.4 Å². The van der Waals surface area contributed by atoms with Crippen LogP contribution < -0.4 is 0 Å². The summed E-state index contributed by atoms with van der Waals surface area (Å²) in [5.74, 6) is -0.801. The number of carboxylic acids is 1. The van der Waals surface area contributed by atoms with Crippen LogP contribution in [0, 0.1) is 0 Å². The SMILES string of the molecule is O=C(O)C1=Cc2sc(Cn3ccnc3)cc2CC1.[NaH]. The monoisotopic (exact) mass is 284 g/mol. The Bertz CT molecular complexity index is 617. The van der Waals surface area contributed by atoms with Crippen LogP contribution in [0.3, 0.4) is 0 Å². The first-order valence-electron chi connectivity index (χ1n) is 5.73. The van der Waals surface area contributed by atoms with Gasteiger partial charge in [-0.1, -0.05) is 0 Å². The number of nitrogens with zero attached hydrogens (tertiary/aromatic N) is 2. The molecule has 4 nitrogen and oxygen atoms in total. The summed E-state index contributed by atoms with van der Waals surface area (Å²) >= 11 is 1.67. The quantitative estimate of drug-likeness (QED) is 0.874. The Labute approximate surface area is 137 Å². The number of carbonyl (C=O) groups is 1. The van der Waals surface area contributed by atoms with Gasteiger partial charge in [-0.05, 0) is 30.5 Å². The summed E-state index contributed by atoms with van der Waals surface area (Å²) in [4.78, 5) is 17.3. The zero-order valence-electron chi connectivity index (χ0n) is 9.67. The summed E-state index contributed by atoms with van der Waals surface area (Å²) in [5, 5.41) is 9.00. The van der Waals surface area contributed by atoms with Gasteiger partial charge >= 0.3 is 35.5 Å². The number of rotatable bonds is 3. The van der Waals surface area contributed by atoms with Gasteiger partial charge in [0.15, 0.2) is 0 Å². The molecule has 1 aliphatic carbocycles. The van der Waals surface area contributed by atoms with E-state index in [0.29, 0.717) is 12.0 Å². The first-order valence-corrected chi connectivity index (χ1v) is 6.55. The standard InChI is InChI=1S/C13H12N2O2S.Na.H/c16-13(17)10-2-1-9-5-11(18-12(9)6-10)7-15-4-3-14-8-15;;/h3-6,8H,1-2,7H2,(H,16,17);;. The first-order chi connectivity index (χ1) is 8.72. The van der Waals surface area contributed by atoms with Gasteiger partial charge in [0.05, 0.1) is 12.9 Å². The second-order valence-corrected chi connectivity index (χ2v) is 5.48. The number of fused-ring (bicyclic) bond motifs is 1. The summed E-state index contributed by atoms with van der Waals surface area (Å²) in [7, 11) is 0. The van der Waals surface area contributed by atoms with E-state index in [1.54, 1.807) is 23.9 Å². The van der Waals surface area contributed by atoms with Gasteiger partial charge < -0.3 is 9.67 Å². The fourth-order valence-corrected chi connectivity index (χ4v) is 3.32. The van der Waals surface area contributed by atoms with Gasteiger partial charge in [0.2, 0.25) is 0 Å². The average molecular weight is 284 g/mol. The molecule has 0 aromatic carbocycles. The van der Waals surface area contributed by atoms with Crippen LogP contribution in [0.25, 0.3) is 6.08 Å². The third kappa shape index (κ3) is 3.17. The third-order valence-electron chi connectivity index (χ3n) is 3.03. The van der Waals surface area contributed by atoms with Crippen molar-refractivity contribution in [2.24, 2.45) is 0 Å². The van der Waals surface area contributed by atoms with Crippen LogP contribution in [-0.4, -0.2) is 50.2 Å². The molecule has 19 heavy (non-hydrogen) atoms. The first kappa shape index (κ1) is 14.5. The van der Waals surface area contributed by atoms with Crippen molar-refractivity contribution in [1.29, 1.82) is 0 Å². The van der Waals surface area contributed by atoms with Gasteiger partial charge in [-0.3, -0.25) is 0 Å². The van der Waals surface area contributed by atoms with Crippen LogP contribution in [-0.2, 0) is 17.8 Å². The van der Waals surface area contributed by atoms with E-state index < -0.39 is 5.97 Å². The molecule has 6 heteroatoms. The minimum atomic E-state index is -0.801. The molecule has 0 fully saturated rings. The fourth-order valence-electron chi connectivity index (χ4n) is 2.13. The van der Waals surface area contributed by atoms with E-state index in [9.17, 15) is 4.79 Å². The van der Waals surface area contributed by atoms with Crippen molar-refractivity contribution < 1.29 is 9.90 Å². The predicted molar refractivity (Wildman–Crippen MR) is 76.7 cm³/mol. The van der Waals surface area contributed by atoms with E-state index in [1.807, 2.05) is 16.8 Å². The molecule has 0 saturated heterocycles. The van der Waals surface area contributed by atoms with E-state index in [-0.39, 0.29) is 29.6 Å². The minimum absolute atomic E-state index is 0. The zero-order chi connectivity index (χ0) is 12.5. The van der Waals surface area contributed by atoms with Crippen LogP contribution in [0.4, 0.5) is 0 Å². The van der Waals surface area contributed by atoms with Crippen molar-refractivity contribution in [1.82, 2.24) is 9.55 Å². The number of carboxylic acid groups (broad SMARTS) is 1. The molecule has 2 heterocycles. The van der Waals surface area contributed by atoms with Crippen LogP contribution in [0.15, 0.2) is 30.4 Å². The second-order valence-electron chi connectivity index (χ2n) is 4.31. The molecule has 0 amide bonds. The normalized spacial score (nSPS) is 13.4. The Kier molecular flexibility index (Phi) is 4.62. The number of aromatic nitrogens is 2. The van der Waals surface area contributed by atoms with Crippen LogP contribution >= 0.6 is 11.3 Å². The Balaban J connectivity index is 0.00000133. The number of imidazole rings is 1. The molecule has 0 atom stereocenters. The molecule has 0 bridgehead atoms. The van der Waals surface area contributed by atoms with Gasteiger partial charge in [-0.15, -0.1) is 11.3 Å². The van der Waals surface area contributed by atoms with Crippen molar-refractivity contribution in [2.75, 3.05) is 0 Å². The summed E-state index contributed by atoms with van der Waals surface area (Å²) in [6.07, 6.45) is 8.74. The van der Waals surface area contributed by atoms with Crippen LogP contribution in [0.1, 0.15) is 21.7 Å². The van der Waals surface area contributed by atoms with Crippen LogP contribution in [0.2, 0.25) is 0 Å². The molecule has 1 N–H and O–H groups in total. The molecule has 2 aromatic heterocycles. The van der Waals surface area contributed by atoms with Crippen molar-refractivity contribution in [3.8, 4) is 0 Å². The molecular formula is C13H13N2NaO2S. The molecule has 0 radical (unpaired) electrons. The van der Waals surface area contributed by atoms with Gasteiger partial charge in [0, 0.05) is 27.7 Å². The van der Waals surface area contributed by atoms with E-state index in [1.165, 1.54) is 10.4 Å². The number of aryl methyl sites for hydroxylation is 1. The van der Waals surface area contributed by atoms with E-state index in [0.717, 1.165) is 17.8 Å². The van der Waals surface area contributed by atoms with Gasteiger partial charge in [0.1, 0.15) is 0 Å². The maximum atomic E-state index is 11.0. The topological polar surface area (TPSA) is 55.1 Å². The number of aliphatic carboxylic acids is 1. The third-order valence-corrected chi connectivity index (χ3v) is 4.14. The van der Waals surface area contributed by atoms with E-state index >= 15 is 0 Å². The summed E-state index contributed by atoms with van der Waals surface area (Å²) in [6.45, 7) is 0.800. The van der Waals surface area contributed by atoms with Gasteiger partial charge in [0.25, 0.3) is 0 Å². The van der Waals surface area contributed by atoms with E-state index in [4.69, 9.17) is 5.11 Å². The number of thiophene rings is 1. The second kappa shape index (κ2) is 6.05. The molecule has 0 saturated carbocycles. The Morgan fingerprint density at radius 3 is 3.00 bits per heavy atom. The van der Waals surface area contributed by atoms with Crippen LogP contribution in [0.5, 0.6) is 0 Å². The Hall–Kier alpha value is -0.880. The van der Waals surface area contributed by atoms with Gasteiger partial charge in [-0.25, -0.2) is 9.78 Å². The Morgan fingerprint density at radius 1 is 1.47 bits per heavy atom.